The monoisotopic (exact) mass is 208 g/mol. The molecule has 0 aliphatic carbocycles. The van der Waals surface area contributed by atoms with E-state index in [4.69, 9.17) is 4.84 Å². The van der Waals surface area contributed by atoms with Crippen LogP contribution in [-0.4, -0.2) is 25.7 Å². The maximum Gasteiger partial charge on any atom is 0.125 e. The lowest BCUT2D eigenvalue weighted by atomic mass is 10.1. The predicted octanol–water partition coefficient (Wildman–Crippen LogP) is 1.17. The van der Waals surface area contributed by atoms with Gasteiger partial charge in [0.2, 0.25) is 0 Å². The SMILES string of the molecule is Fc1cccc(N2C[C@H]3CON[C@@H]3C2)c1. The van der Waals surface area contributed by atoms with Crippen LogP contribution in [0.15, 0.2) is 24.3 Å². The molecule has 2 atom stereocenters. The van der Waals surface area contributed by atoms with Crippen LogP contribution in [0.4, 0.5) is 10.1 Å². The van der Waals surface area contributed by atoms with Crippen LogP contribution < -0.4 is 10.4 Å². The fraction of sp³-hybridized carbons (Fsp3) is 0.455. The Labute approximate surface area is 87.8 Å². The number of anilines is 1. The van der Waals surface area contributed by atoms with E-state index < -0.39 is 0 Å². The molecule has 2 saturated heterocycles. The number of halogens is 1. The van der Waals surface area contributed by atoms with Gasteiger partial charge in [-0.1, -0.05) is 6.07 Å². The molecule has 2 aliphatic heterocycles. The Morgan fingerprint density at radius 1 is 1.40 bits per heavy atom. The van der Waals surface area contributed by atoms with Crippen molar-refractivity contribution in [2.24, 2.45) is 5.92 Å². The van der Waals surface area contributed by atoms with Crippen molar-refractivity contribution in [3.63, 3.8) is 0 Å². The first-order valence-electron chi connectivity index (χ1n) is 5.21. The lowest BCUT2D eigenvalue weighted by Crippen LogP contribution is -2.29. The highest BCUT2D eigenvalue weighted by atomic mass is 19.1. The Kier molecular flexibility index (Phi) is 2.11. The van der Waals surface area contributed by atoms with Crippen molar-refractivity contribution < 1.29 is 9.23 Å². The molecule has 0 spiro atoms. The zero-order chi connectivity index (χ0) is 10.3. The Morgan fingerprint density at radius 3 is 3.13 bits per heavy atom. The molecule has 2 fully saturated rings. The van der Waals surface area contributed by atoms with Gasteiger partial charge in [-0.3, -0.25) is 0 Å². The van der Waals surface area contributed by atoms with Gasteiger partial charge in [-0.15, -0.1) is 0 Å². The highest BCUT2D eigenvalue weighted by Gasteiger charge is 2.37. The molecule has 0 amide bonds. The summed E-state index contributed by atoms with van der Waals surface area (Å²) in [5.74, 6) is 0.363. The van der Waals surface area contributed by atoms with Gasteiger partial charge in [0, 0.05) is 24.7 Å². The number of nitrogens with zero attached hydrogens (tertiary/aromatic N) is 1. The molecule has 80 valence electrons. The molecule has 0 bridgehead atoms. The largest absolute Gasteiger partial charge is 0.369 e. The summed E-state index contributed by atoms with van der Waals surface area (Å²) in [5, 5.41) is 0. The summed E-state index contributed by atoms with van der Waals surface area (Å²) in [6, 6.07) is 7.16. The molecule has 4 heteroatoms. The zero-order valence-electron chi connectivity index (χ0n) is 8.32. The Balaban J connectivity index is 1.79. The van der Waals surface area contributed by atoms with E-state index in [0.717, 1.165) is 25.4 Å². The maximum absolute atomic E-state index is 13.0. The topological polar surface area (TPSA) is 24.5 Å². The second kappa shape index (κ2) is 3.47. The molecule has 0 saturated carbocycles. The second-order valence-corrected chi connectivity index (χ2v) is 4.18. The molecule has 1 aromatic rings. The first-order chi connectivity index (χ1) is 7.33. The number of hydrogen-bond donors (Lipinski definition) is 1. The van der Waals surface area contributed by atoms with Crippen molar-refractivity contribution in [1.82, 2.24) is 5.48 Å². The van der Waals surface area contributed by atoms with Gasteiger partial charge in [0.25, 0.3) is 0 Å². The molecule has 3 rings (SSSR count). The summed E-state index contributed by atoms with van der Waals surface area (Å²) in [6.07, 6.45) is 0. The van der Waals surface area contributed by atoms with Gasteiger partial charge in [-0.25, -0.2) is 4.39 Å². The molecule has 2 aliphatic rings. The van der Waals surface area contributed by atoms with E-state index in [-0.39, 0.29) is 5.82 Å². The number of hydrogen-bond acceptors (Lipinski definition) is 3. The second-order valence-electron chi connectivity index (χ2n) is 4.18. The summed E-state index contributed by atoms with van der Waals surface area (Å²) >= 11 is 0. The Bertz CT molecular complexity index is 359. The third kappa shape index (κ3) is 1.60. The molecule has 1 aromatic carbocycles. The summed E-state index contributed by atoms with van der Waals surface area (Å²) in [5.41, 5.74) is 3.96. The maximum atomic E-state index is 13.0. The van der Waals surface area contributed by atoms with Crippen LogP contribution in [0.3, 0.4) is 0 Å². The predicted molar refractivity (Wildman–Crippen MR) is 55.0 cm³/mol. The lowest BCUT2D eigenvalue weighted by molar-refractivity contribution is 0.0846. The van der Waals surface area contributed by atoms with E-state index in [2.05, 4.69) is 10.4 Å². The average molecular weight is 208 g/mol. The van der Waals surface area contributed by atoms with Crippen molar-refractivity contribution in [3.8, 4) is 0 Å². The third-order valence-electron chi connectivity index (χ3n) is 3.15. The van der Waals surface area contributed by atoms with Crippen molar-refractivity contribution in [2.45, 2.75) is 6.04 Å². The minimum Gasteiger partial charge on any atom is -0.369 e. The van der Waals surface area contributed by atoms with E-state index >= 15 is 0 Å². The summed E-state index contributed by atoms with van der Waals surface area (Å²) in [7, 11) is 0. The number of fused-ring (bicyclic) bond motifs is 1. The molecule has 0 unspecified atom stereocenters. The lowest BCUT2D eigenvalue weighted by Gasteiger charge is -2.19. The van der Waals surface area contributed by atoms with Crippen LogP contribution in [0, 0.1) is 11.7 Å². The van der Waals surface area contributed by atoms with Gasteiger partial charge in [-0.2, -0.15) is 5.48 Å². The number of hydroxylamine groups is 1. The molecular formula is C11H13FN2O. The van der Waals surface area contributed by atoms with Gasteiger partial charge in [0.1, 0.15) is 5.82 Å². The van der Waals surface area contributed by atoms with Crippen LogP contribution in [0.25, 0.3) is 0 Å². The molecule has 15 heavy (non-hydrogen) atoms. The summed E-state index contributed by atoms with van der Waals surface area (Å²) in [6.45, 7) is 2.60. The van der Waals surface area contributed by atoms with Crippen molar-refractivity contribution in [1.29, 1.82) is 0 Å². The average Bonchev–Trinajstić information content (AvgIpc) is 2.76. The number of nitrogens with one attached hydrogen (secondary N) is 1. The third-order valence-corrected chi connectivity index (χ3v) is 3.15. The molecule has 0 aromatic heterocycles. The van der Waals surface area contributed by atoms with Crippen LogP contribution >= 0.6 is 0 Å². The molecule has 1 N–H and O–H groups in total. The van der Waals surface area contributed by atoms with E-state index in [1.165, 1.54) is 6.07 Å². The van der Waals surface area contributed by atoms with Crippen LogP contribution in [0.1, 0.15) is 0 Å². The Hall–Kier alpha value is -1.13. The van der Waals surface area contributed by atoms with E-state index in [0.29, 0.717) is 12.0 Å². The normalized spacial score (nSPS) is 29.5. The molecule has 0 radical (unpaired) electrons. The van der Waals surface area contributed by atoms with Gasteiger partial charge >= 0.3 is 0 Å². The summed E-state index contributed by atoms with van der Waals surface area (Å²) in [4.78, 5) is 7.37. The molecule has 3 nitrogen and oxygen atoms in total. The van der Waals surface area contributed by atoms with E-state index in [9.17, 15) is 4.39 Å². The molecule has 2 heterocycles. The number of rotatable bonds is 1. The van der Waals surface area contributed by atoms with Crippen molar-refractivity contribution in [2.75, 3.05) is 24.6 Å². The quantitative estimate of drug-likeness (QED) is 0.749. The molecular weight excluding hydrogens is 195 g/mol. The highest BCUT2D eigenvalue weighted by Crippen LogP contribution is 2.27. The number of benzene rings is 1. The van der Waals surface area contributed by atoms with E-state index in [1.54, 1.807) is 12.1 Å². The van der Waals surface area contributed by atoms with Gasteiger partial charge < -0.3 is 9.74 Å². The van der Waals surface area contributed by atoms with Crippen molar-refractivity contribution in [3.05, 3.63) is 30.1 Å². The Morgan fingerprint density at radius 2 is 2.33 bits per heavy atom. The highest BCUT2D eigenvalue weighted by molar-refractivity contribution is 5.48. The minimum absolute atomic E-state index is 0.172. The van der Waals surface area contributed by atoms with Crippen molar-refractivity contribution >= 4 is 5.69 Å². The minimum atomic E-state index is -0.172. The van der Waals surface area contributed by atoms with Crippen LogP contribution in [0.2, 0.25) is 0 Å². The first-order valence-corrected chi connectivity index (χ1v) is 5.21. The fourth-order valence-corrected chi connectivity index (χ4v) is 2.32. The van der Waals surface area contributed by atoms with E-state index in [1.807, 2.05) is 6.07 Å². The van der Waals surface area contributed by atoms with Gasteiger partial charge in [0.15, 0.2) is 0 Å². The van der Waals surface area contributed by atoms with Gasteiger partial charge in [0.05, 0.1) is 12.6 Å². The standard InChI is InChI=1S/C11H13FN2O/c12-9-2-1-3-10(4-9)14-5-8-7-15-13-11(8)6-14/h1-4,8,11,13H,5-7H2/t8-,11+/m0/s1. The first kappa shape index (κ1) is 9.12. The smallest absolute Gasteiger partial charge is 0.125 e. The van der Waals surface area contributed by atoms with Crippen LogP contribution in [0.5, 0.6) is 0 Å². The van der Waals surface area contributed by atoms with Gasteiger partial charge in [-0.05, 0) is 18.2 Å². The zero-order valence-corrected chi connectivity index (χ0v) is 8.32. The fourth-order valence-electron chi connectivity index (χ4n) is 2.32. The van der Waals surface area contributed by atoms with Crippen LogP contribution in [-0.2, 0) is 4.84 Å². The summed E-state index contributed by atoms with van der Waals surface area (Å²) < 4.78 is 13.0.